The van der Waals surface area contributed by atoms with Crippen LogP contribution in [-0.2, 0) is 0 Å². The zero-order chi connectivity index (χ0) is 13.5. The molecule has 100 valence electrons. The quantitative estimate of drug-likeness (QED) is 0.704. The van der Waals surface area contributed by atoms with Crippen LogP contribution in [0.1, 0.15) is 29.5 Å². The number of rotatable bonds is 1. The van der Waals surface area contributed by atoms with Gasteiger partial charge in [-0.15, -0.1) is 0 Å². The second kappa shape index (κ2) is 4.78. The number of hydrogen-bond acceptors (Lipinski definition) is 1. The van der Waals surface area contributed by atoms with Gasteiger partial charge in [0.15, 0.2) is 0 Å². The Bertz CT molecular complexity index is 677. The number of halogens is 1. The summed E-state index contributed by atoms with van der Waals surface area (Å²) in [7, 11) is 0. The molecule has 0 radical (unpaired) electrons. The van der Waals surface area contributed by atoms with Crippen molar-refractivity contribution in [3.8, 4) is 0 Å². The number of anilines is 1. The summed E-state index contributed by atoms with van der Waals surface area (Å²) in [5.74, 6) is 1.16. The highest BCUT2D eigenvalue weighted by molar-refractivity contribution is 9.10. The molecule has 3 atom stereocenters. The third-order valence-corrected chi connectivity index (χ3v) is 5.23. The minimum absolute atomic E-state index is 0.375. The normalized spacial score (nSPS) is 26.8. The summed E-state index contributed by atoms with van der Waals surface area (Å²) < 4.78 is 1.20. The number of allylic oxidation sites excluding steroid dienone is 2. The molecule has 1 heterocycles. The highest BCUT2D eigenvalue weighted by Gasteiger charge is 2.38. The average Bonchev–Trinajstić information content (AvgIpc) is 2.97. The van der Waals surface area contributed by atoms with Gasteiger partial charge in [-0.05, 0) is 35.6 Å². The van der Waals surface area contributed by atoms with Gasteiger partial charge in [0.05, 0.1) is 6.04 Å². The lowest BCUT2D eigenvalue weighted by molar-refractivity contribution is 0.424. The standard InChI is InChI=1S/C18H16BrN/c19-16-10-3-1-7-15(16)18-14-9-5-8-12(14)13-6-2-4-11-17(13)20-18/h1-8,10-12,14,18,20H,9H2/t12-,14-,18-/m1/s1. The third-order valence-electron chi connectivity index (χ3n) is 4.51. The highest BCUT2D eigenvalue weighted by atomic mass is 79.9. The van der Waals surface area contributed by atoms with E-state index in [9.17, 15) is 0 Å². The Labute approximate surface area is 127 Å². The first-order valence-electron chi connectivity index (χ1n) is 7.11. The molecule has 0 aromatic heterocycles. The fourth-order valence-corrected chi connectivity index (χ4v) is 4.11. The van der Waals surface area contributed by atoms with E-state index in [2.05, 4.69) is 81.9 Å². The molecule has 0 saturated heterocycles. The molecular formula is C18H16BrN. The Kier molecular flexibility index (Phi) is 2.92. The second-order valence-corrected chi connectivity index (χ2v) is 6.44. The van der Waals surface area contributed by atoms with Gasteiger partial charge in [-0.1, -0.05) is 64.5 Å². The SMILES string of the molecule is Brc1ccccc1[C@@H]1Nc2ccccc2[C@H]2C=CC[C@H]21. The number of fused-ring (bicyclic) bond motifs is 3. The first kappa shape index (κ1) is 12.2. The van der Waals surface area contributed by atoms with Crippen molar-refractivity contribution < 1.29 is 0 Å². The van der Waals surface area contributed by atoms with Crippen molar-refractivity contribution in [2.75, 3.05) is 5.32 Å². The molecule has 0 bridgehead atoms. The van der Waals surface area contributed by atoms with Gasteiger partial charge < -0.3 is 5.32 Å². The molecule has 2 aromatic carbocycles. The van der Waals surface area contributed by atoms with Crippen molar-refractivity contribution in [3.63, 3.8) is 0 Å². The van der Waals surface area contributed by atoms with Crippen LogP contribution in [0.2, 0.25) is 0 Å². The first-order valence-corrected chi connectivity index (χ1v) is 7.90. The predicted octanol–water partition coefficient (Wildman–Crippen LogP) is 5.28. The fourth-order valence-electron chi connectivity index (χ4n) is 3.58. The van der Waals surface area contributed by atoms with Crippen LogP contribution in [-0.4, -0.2) is 0 Å². The van der Waals surface area contributed by atoms with Crippen LogP contribution in [0.4, 0.5) is 5.69 Å². The smallest absolute Gasteiger partial charge is 0.0565 e. The van der Waals surface area contributed by atoms with E-state index in [0.29, 0.717) is 17.9 Å². The molecule has 0 saturated carbocycles. The predicted molar refractivity (Wildman–Crippen MR) is 86.9 cm³/mol. The molecular weight excluding hydrogens is 310 g/mol. The van der Waals surface area contributed by atoms with Crippen LogP contribution in [0.5, 0.6) is 0 Å². The fraction of sp³-hybridized carbons (Fsp3) is 0.222. The Hall–Kier alpha value is -1.54. The molecule has 1 aliphatic heterocycles. The molecule has 0 amide bonds. The Balaban J connectivity index is 1.82. The lowest BCUT2D eigenvalue weighted by atomic mass is 9.77. The first-order chi connectivity index (χ1) is 9.84. The Morgan fingerprint density at radius 1 is 0.950 bits per heavy atom. The van der Waals surface area contributed by atoms with Crippen LogP contribution in [0.15, 0.2) is 65.2 Å². The van der Waals surface area contributed by atoms with Gasteiger partial charge in [0.25, 0.3) is 0 Å². The van der Waals surface area contributed by atoms with E-state index in [1.807, 2.05) is 0 Å². The largest absolute Gasteiger partial charge is 0.378 e. The zero-order valence-electron chi connectivity index (χ0n) is 11.1. The maximum Gasteiger partial charge on any atom is 0.0565 e. The van der Waals surface area contributed by atoms with Crippen molar-refractivity contribution in [2.24, 2.45) is 5.92 Å². The van der Waals surface area contributed by atoms with E-state index >= 15 is 0 Å². The van der Waals surface area contributed by atoms with Gasteiger partial charge >= 0.3 is 0 Å². The molecule has 1 nitrogen and oxygen atoms in total. The summed E-state index contributed by atoms with van der Waals surface area (Å²) in [6.45, 7) is 0. The van der Waals surface area contributed by atoms with Crippen LogP contribution in [0, 0.1) is 5.92 Å². The van der Waals surface area contributed by atoms with Gasteiger partial charge in [0.2, 0.25) is 0 Å². The Morgan fingerprint density at radius 2 is 1.70 bits per heavy atom. The van der Waals surface area contributed by atoms with Crippen LogP contribution in [0.25, 0.3) is 0 Å². The molecule has 1 N–H and O–H groups in total. The number of hydrogen-bond donors (Lipinski definition) is 1. The van der Waals surface area contributed by atoms with Crippen molar-refractivity contribution in [3.05, 3.63) is 76.3 Å². The van der Waals surface area contributed by atoms with Crippen molar-refractivity contribution in [1.82, 2.24) is 0 Å². The minimum Gasteiger partial charge on any atom is -0.378 e. The minimum atomic E-state index is 0.375. The molecule has 0 unspecified atom stereocenters. The van der Waals surface area contributed by atoms with E-state index < -0.39 is 0 Å². The molecule has 0 fully saturated rings. The van der Waals surface area contributed by atoms with Crippen molar-refractivity contribution >= 4 is 21.6 Å². The van der Waals surface area contributed by atoms with Gasteiger partial charge in [-0.25, -0.2) is 0 Å². The van der Waals surface area contributed by atoms with E-state index in [1.54, 1.807) is 0 Å². The Morgan fingerprint density at radius 3 is 2.55 bits per heavy atom. The second-order valence-electron chi connectivity index (χ2n) is 5.58. The summed E-state index contributed by atoms with van der Waals surface area (Å²) in [6, 6.07) is 17.6. The highest BCUT2D eigenvalue weighted by Crippen LogP contribution is 2.50. The van der Waals surface area contributed by atoms with Crippen LogP contribution >= 0.6 is 15.9 Å². The van der Waals surface area contributed by atoms with Crippen molar-refractivity contribution in [1.29, 1.82) is 0 Å². The monoisotopic (exact) mass is 325 g/mol. The van der Waals surface area contributed by atoms with E-state index in [0.717, 1.165) is 6.42 Å². The van der Waals surface area contributed by atoms with Crippen molar-refractivity contribution in [2.45, 2.75) is 18.4 Å². The lowest BCUT2D eigenvalue weighted by Gasteiger charge is -2.37. The van der Waals surface area contributed by atoms with Crippen LogP contribution < -0.4 is 5.32 Å². The molecule has 2 aliphatic rings. The van der Waals surface area contributed by atoms with Gasteiger partial charge in [-0.2, -0.15) is 0 Å². The summed E-state index contributed by atoms with van der Waals surface area (Å²) in [5, 5.41) is 3.76. The summed E-state index contributed by atoms with van der Waals surface area (Å²) >= 11 is 3.71. The van der Waals surface area contributed by atoms with Gasteiger partial charge in [0.1, 0.15) is 0 Å². The third kappa shape index (κ3) is 1.82. The maximum atomic E-state index is 3.76. The van der Waals surface area contributed by atoms with E-state index in [1.165, 1.54) is 21.3 Å². The van der Waals surface area contributed by atoms with Gasteiger partial charge in [-0.3, -0.25) is 0 Å². The number of para-hydroxylation sites is 1. The molecule has 2 heteroatoms. The number of nitrogens with one attached hydrogen (secondary N) is 1. The summed E-state index contributed by atoms with van der Waals surface area (Å²) in [5.41, 5.74) is 4.08. The topological polar surface area (TPSA) is 12.0 Å². The maximum absolute atomic E-state index is 3.76. The summed E-state index contributed by atoms with van der Waals surface area (Å²) in [6.07, 6.45) is 5.87. The average molecular weight is 326 g/mol. The van der Waals surface area contributed by atoms with Crippen LogP contribution in [0.3, 0.4) is 0 Å². The number of benzene rings is 2. The van der Waals surface area contributed by atoms with E-state index in [-0.39, 0.29) is 0 Å². The molecule has 0 spiro atoms. The molecule has 20 heavy (non-hydrogen) atoms. The van der Waals surface area contributed by atoms with E-state index in [4.69, 9.17) is 0 Å². The zero-order valence-corrected chi connectivity index (χ0v) is 12.7. The molecule has 4 rings (SSSR count). The molecule has 1 aliphatic carbocycles. The lowest BCUT2D eigenvalue weighted by Crippen LogP contribution is -2.29. The summed E-state index contributed by atoms with van der Waals surface area (Å²) in [4.78, 5) is 0. The van der Waals surface area contributed by atoms with Gasteiger partial charge in [0, 0.05) is 16.1 Å². The molecule has 2 aromatic rings.